The van der Waals surface area contributed by atoms with Crippen LogP contribution in [0.3, 0.4) is 0 Å². The molecule has 84 valence electrons. The van der Waals surface area contributed by atoms with Gasteiger partial charge in [-0.3, -0.25) is 0 Å². The normalized spacial score (nSPS) is 34.1. The lowest BCUT2D eigenvalue weighted by Gasteiger charge is -2.38. The van der Waals surface area contributed by atoms with E-state index in [4.69, 9.17) is 4.74 Å². The van der Waals surface area contributed by atoms with Gasteiger partial charge in [0.05, 0.1) is 12.2 Å². The SMILES string of the molecule is CC(C)O[C@@H]1C[C@H](C)CC[C@H]1C(C)C. The molecule has 0 N–H and O–H groups in total. The standard InChI is InChI=1S/C13H26O/c1-9(2)12-7-6-11(5)8-13(12)14-10(3)4/h9-13H,6-8H2,1-5H3/t11-,12+,13-/m1/s1. The Labute approximate surface area is 89.2 Å². The molecule has 14 heavy (non-hydrogen) atoms. The maximum atomic E-state index is 6.04. The first kappa shape index (κ1) is 12.0. The molecule has 0 heterocycles. The summed E-state index contributed by atoms with van der Waals surface area (Å²) in [6, 6.07) is 0. The average Bonchev–Trinajstić information content (AvgIpc) is 2.01. The van der Waals surface area contributed by atoms with Crippen LogP contribution in [0, 0.1) is 17.8 Å². The topological polar surface area (TPSA) is 9.23 Å². The van der Waals surface area contributed by atoms with Gasteiger partial charge in [-0.05, 0) is 44.4 Å². The summed E-state index contributed by atoms with van der Waals surface area (Å²) in [6.45, 7) is 11.3. The first-order valence-corrected chi connectivity index (χ1v) is 6.16. The van der Waals surface area contributed by atoms with Crippen LogP contribution in [0.15, 0.2) is 0 Å². The van der Waals surface area contributed by atoms with Crippen LogP contribution in [0.4, 0.5) is 0 Å². The van der Waals surface area contributed by atoms with Crippen molar-refractivity contribution in [2.24, 2.45) is 17.8 Å². The minimum absolute atomic E-state index is 0.381. The molecule has 1 aliphatic rings. The monoisotopic (exact) mass is 198 g/mol. The minimum Gasteiger partial charge on any atom is -0.375 e. The fourth-order valence-electron chi connectivity index (χ4n) is 2.62. The molecule has 0 aromatic heterocycles. The highest BCUT2D eigenvalue weighted by Gasteiger charge is 2.31. The van der Waals surface area contributed by atoms with E-state index in [1.807, 2.05) is 0 Å². The summed E-state index contributed by atoms with van der Waals surface area (Å²) in [6.07, 6.45) is 4.91. The summed E-state index contributed by atoms with van der Waals surface area (Å²) in [5, 5.41) is 0. The molecule has 0 amide bonds. The molecule has 0 aromatic carbocycles. The average molecular weight is 198 g/mol. The lowest BCUT2D eigenvalue weighted by atomic mass is 9.75. The summed E-state index contributed by atoms with van der Waals surface area (Å²) in [5.74, 6) is 2.41. The summed E-state index contributed by atoms with van der Waals surface area (Å²) in [4.78, 5) is 0. The zero-order valence-electron chi connectivity index (χ0n) is 10.4. The first-order chi connectivity index (χ1) is 6.50. The van der Waals surface area contributed by atoms with Gasteiger partial charge in [0.1, 0.15) is 0 Å². The van der Waals surface area contributed by atoms with Crippen LogP contribution in [0.5, 0.6) is 0 Å². The van der Waals surface area contributed by atoms with Crippen molar-refractivity contribution in [1.82, 2.24) is 0 Å². The van der Waals surface area contributed by atoms with E-state index in [0.29, 0.717) is 12.2 Å². The first-order valence-electron chi connectivity index (χ1n) is 6.16. The van der Waals surface area contributed by atoms with Crippen molar-refractivity contribution in [2.75, 3.05) is 0 Å². The van der Waals surface area contributed by atoms with Crippen LogP contribution >= 0.6 is 0 Å². The number of ether oxygens (including phenoxy) is 1. The fraction of sp³-hybridized carbons (Fsp3) is 1.00. The van der Waals surface area contributed by atoms with Crippen LogP contribution in [-0.4, -0.2) is 12.2 Å². The molecule has 0 unspecified atom stereocenters. The molecule has 0 spiro atoms. The third kappa shape index (κ3) is 3.27. The van der Waals surface area contributed by atoms with E-state index in [1.54, 1.807) is 0 Å². The van der Waals surface area contributed by atoms with E-state index in [9.17, 15) is 0 Å². The quantitative estimate of drug-likeness (QED) is 0.669. The Bertz CT molecular complexity index is 161. The predicted octanol–water partition coefficient (Wildman–Crippen LogP) is 3.87. The van der Waals surface area contributed by atoms with Gasteiger partial charge in [0.2, 0.25) is 0 Å². The Morgan fingerprint density at radius 1 is 1.07 bits per heavy atom. The van der Waals surface area contributed by atoms with E-state index in [1.165, 1.54) is 19.3 Å². The second-order valence-electron chi connectivity index (χ2n) is 5.55. The Kier molecular flexibility index (Phi) is 4.43. The molecule has 1 heteroatoms. The van der Waals surface area contributed by atoms with Crippen molar-refractivity contribution in [2.45, 2.75) is 66.1 Å². The van der Waals surface area contributed by atoms with Crippen molar-refractivity contribution in [3.8, 4) is 0 Å². The molecule has 0 aliphatic heterocycles. The summed E-state index contributed by atoms with van der Waals surface area (Å²) in [5.41, 5.74) is 0. The number of rotatable bonds is 3. The molecule has 1 saturated carbocycles. The Morgan fingerprint density at radius 2 is 1.71 bits per heavy atom. The number of hydrogen-bond donors (Lipinski definition) is 0. The second kappa shape index (κ2) is 5.16. The molecule has 1 rings (SSSR count). The molecular weight excluding hydrogens is 172 g/mol. The summed E-state index contributed by atoms with van der Waals surface area (Å²) < 4.78 is 6.04. The van der Waals surface area contributed by atoms with Crippen molar-refractivity contribution >= 4 is 0 Å². The van der Waals surface area contributed by atoms with Gasteiger partial charge in [0.25, 0.3) is 0 Å². The van der Waals surface area contributed by atoms with Gasteiger partial charge in [0, 0.05) is 0 Å². The molecule has 0 saturated heterocycles. The maximum Gasteiger partial charge on any atom is 0.0611 e. The summed E-state index contributed by atoms with van der Waals surface area (Å²) in [7, 11) is 0. The molecule has 0 radical (unpaired) electrons. The molecule has 3 atom stereocenters. The zero-order chi connectivity index (χ0) is 10.7. The molecule has 1 nitrogen and oxygen atoms in total. The van der Waals surface area contributed by atoms with E-state index in [2.05, 4.69) is 34.6 Å². The van der Waals surface area contributed by atoms with Gasteiger partial charge in [-0.2, -0.15) is 0 Å². The van der Waals surface area contributed by atoms with Gasteiger partial charge in [0.15, 0.2) is 0 Å². The lowest BCUT2D eigenvalue weighted by molar-refractivity contribution is -0.0672. The third-order valence-corrected chi connectivity index (χ3v) is 3.41. The lowest BCUT2D eigenvalue weighted by Crippen LogP contribution is -2.35. The highest BCUT2D eigenvalue weighted by molar-refractivity contribution is 4.81. The van der Waals surface area contributed by atoms with Gasteiger partial charge in [-0.25, -0.2) is 0 Å². The largest absolute Gasteiger partial charge is 0.375 e. The van der Waals surface area contributed by atoms with E-state index in [-0.39, 0.29) is 0 Å². The van der Waals surface area contributed by atoms with Crippen molar-refractivity contribution in [3.63, 3.8) is 0 Å². The molecular formula is C13H26O. The van der Waals surface area contributed by atoms with Crippen LogP contribution < -0.4 is 0 Å². The van der Waals surface area contributed by atoms with E-state index >= 15 is 0 Å². The van der Waals surface area contributed by atoms with Gasteiger partial charge in [-0.1, -0.05) is 27.2 Å². The molecule has 0 bridgehead atoms. The highest BCUT2D eigenvalue weighted by atomic mass is 16.5. The van der Waals surface area contributed by atoms with E-state index < -0.39 is 0 Å². The van der Waals surface area contributed by atoms with Crippen molar-refractivity contribution in [1.29, 1.82) is 0 Å². The van der Waals surface area contributed by atoms with Crippen LogP contribution in [0.1, 0.15) is 53.9 Å². The number of hydrogen-bond acceptors (Lipinski definition) is 1. The van der Waals surface area contributed by atoms with Gasteiger partial charge < -0.3 is 4.74 Å². The fourth-order valence-corrected chi connectivity index (χ4v) is 2.62. The third-order valence-electron chi connectivity index (χ3n) is 3.41. The van der Waals surface area contributed by atoms with Crippen molar-refractivity contribution in [3.05, 3.63) is 0 Å². The van der Waals surface area contributed by atoms with Gasteiger partial charge >= 0.3 is 0 Å². The second-order valence-corrected chi connectivity index (χ2v) is 5.55. The molecule has 1 aliphatic carbocycles. The predicted molar refractivity (Wildman–Crippen MR) is 61.4 cm³/mol. The molecule has 1 fully saturated rings. The Balaban J connectivity index is 2.54. The molecule has 0 aromatic rings. The smallest absolute Gasteiger partial charge is 0.0611 e. The van der Waals surface area contributed by atoms with Crippen LogP contribution in [0.2, 0.25) is 0 Å². The van der Waals surface area contributed by atoms with Crippen molar-refractivity contribution < 1.29 is 4.74 Å². The Hall–Kier alpha value is -0.0400. The zero-order valence-corrected chi connectivity index (χ0v) is 10.4. The maximum absolute atomic E-state index is 6.04. The van der Waals surface area contributed by atoms with Gasteiger partial charge in [-0.15, -0.1) is 0 Å². The summed E-state index contributed by atoms with van der Waals surface area (Å²) >= 11 is 0. The van der Waals surface area contributed by atoms with E-state index in [0.717, 1.165) is 17.8 Å². The minimum atomic E-state index is 0.381. The van der Waals surface area contributed by atoms with Crippen LogP contribution in [0.25, 0.3) is 0 Å². The van der Waals surface area contributed by atoms with Crippen LogP contribution in [-0.2, 0) is 4.74 Å². The Morgan fingerprint density at radius 3 is 2.21 bits per heavy atom. The highest BCUT2D eigenvalue weighted by Crippen LogP contribution is 2.35.